The van der Waals surface area contributed by atoms with Crippen molar-refractivity contribution in [2.75, 3.05) is 18.7 Å². The van der Waals surface area contributed by atoms with Gasteiger partial charge in [-0.05, 0) is 18.4 Å². The second-order valence-corrected chi connectivity index (χ2v) is 6.32. The lowest BCUT2D eigenvalue weighted by Gasteiger charge is -2.03. The van der Waals surface area contributed by atoms with E-state index in [4.69, 9.17) is 0 Å². The van der Waals surface area contributed by atoms with E-state index in [1.54, 1.807) is 6.33 Å². The fraction of sp³-hybridized carbons (Fsp3) is 0.312. The number of H-pyrrole nitrogens is 3. The molecular weight excluding hydrogens is 370 g/mol. The number of rotatable bonds is 5. The maximum atomic E-state index is 10.7. The average Bonchev–Trinajstić information content (AvgIpc) is 3.10. The van der Waals surface area contributed by atoms with Crippen LogP contribution in [-0.4, -0.2) is 43.3 Å². The van der Waals surface area contributed by atoms with Gasteiger partial charge in [-0.3, -0.25) is 9.78 Å². The van der Waals surface area contributed by atoms with Gasteiger partial charge >= 0.3 is 5.69 Å². The largest absolute Gasteiger partial charge is 0.490 e. The van der Waals surface area contributed by atoms with Gasteiger partial charge in [-0.2, -0.15) is 0 Å². The number of nitrogens with one attached hydrogen (secondary N) is 4. The third-order valence-electron chi connectivity index (χ3n) is 3.15. The van der Waals surface area contributed by atoms with Crippen molar-refractivity contribution in [3.63, 3.8) is 0 Å². The first-order chi connectivity index (χ1) is 12.9. The molecule has 0 radical (unpaired) electrons. The number of hydrogen-bond donors (Lipinski definition) is 4. The first-order valence-corrected chi connectivity index (χ1v) is 9.21. The van der Waals surface area contributed by atoms with Crippen molar-refractivity contribution in [2.24, 2.45) is 5.92 Å². The van der Waals surface area contributed by atoms with Crippen LogP contribution >= 0.6 is 11.8 Å². The number of anilines is 1. The van der Waals surface area contributed by atoms with E-state index in [-0.39, 0.29) is 5.75 Å². The van der Waals surface area contributed by atoms with E-state index in [0.29, 0.717) is 16.7 Å². The van der Waals surface area contributed by atoms with Crippen LogP contribution in [0.5, 0.6) is 5.75 Å². The van der Waals surface area contributed by atoms with Gasteiger partial charge in [-0.15, -0.1) is 0 Å². The van der Waals surface area contributed by atoms with Crippen LogP contribution in [0.2, 0.25) is 0 Å². The smallest absolute Gasteiger partial charge is 0.325 e. The lowest BCUT2D eigenvalue weighted by atomic mass is 10.2. The number of thioether (sulfide) groups is 1. The van der Waals surface area contributed by atoms with E-state index in [2.05, 4.69) is 54.9 Å². The Labute approximate surface area is 158 Å². The molecule has 3 aromatic rings. The molecule has 0 aliphatic carbocycles. The molecule has 11 heteroatoms. The number of imidazole rings is 1. The lowest BCUT2D eigenvalue weighted by molar-refractivity contribution is 0.405. The van der Waals surface area contributed by atoms with E-state index in [0.717, 1.165) is 11.3 Å². The van der Waals surface area contributed by atoms with Crippen molar-refractivity contribution in [3.8, 4) is 5.75 Å². The molecule has 0 spiro atoms. The highest BCUT2D eigenvalue weighted by atomic mass is 32.2. The minimum atomic E-state index is -0.536. The monoisotopic (exact) mass is 391 g/mol. The Morgan fingerprint density at radius 1 is 1.26 bits per heavy atom. The number of methoxy groups -OCH3 is 1. The maximum Gasteiger partial charge on any atom is 0.325 e. The Bertz CT molecular complexity index is 1020. The number of aromatic nitrogens is 6. The summed E-state index contributed by atoms with van der Waals surface area (Å²) in [4.78, 5) is 41.2. The summed E-state index contributed by atoms with van der Waals surface area (Å²) in [6.07, 6.45) is 8.75. The van der Waals surface area contributed by atoms with E-state index < -0.39 is 11.2 Å². The van der Waals surface area contributed by atoms with Gasteiger partial charge in [0.2, 0.25) is 5.75 Å². The Morgan fingerprint density at radius 2 is 2.04 bits per heavy atom. The van der Waals surface area contributed by atoms with Gasteiger partial charge < -0.3 is 20.0 Å². The Morgan fingerprint density at radius 3 is 2.67 bits per heavy atom. The van der Waals surface area contributed by atoms with Gasteiger partial charge in [0.1, 0.15) is 5.52 Å². The first-order valence-electron chi connectivity index (χ1n) is 7.99. The normalized spacial score (nSPS) is 10.9. The number of aromatic amines is 3. The zero-order valence-corrected chi connectivity index (χ0v) is 16.2. The molecule has 3 rings (SSSR count). The summed E-state index contributed by atoms with van der Waals surface area (Å²) < 4.78 is 4.59. The fourth-order valence-electron chi connectivity index (χ4n) is 1.88. The van der Waals surface area contributed by atoms with Crippen molar-refractivity contribution in [1.29, 1.82) is 0 Å². The summed E-state index contributed by atoms with van der Waals surface area (Å²) >= 11 is 1.50. The third kappa shape index (κ3) is 5.71. The van der Waals surface area contributed by atoms with Gasteiger partial charge in [0.05, 0.1) is 19.6 Å². The SMILES string of the molecule is COc1c[nH]c(=O)[nH]c1=O.CSc1nc(NC=CC(C)C)c2[nH]cnc2n1. The highest BCUT2D eigenvalue weighted by Crippen LogP contribution is 2.20. The zero-order valence-electron chi connectivity index (χ0n) is 15.4. The summed E-state index contributed by atoms with van der Waals surface area (Å²) in [6.45, 7) is 4.24. The van der Waals surface area contributed by atoms with E-state index in [1.165, 1.54) is 25.1 Å². The summed E-state index contributed by atoms with van der Waals surface area (Å²) in [7, 11) is 1.35. The standard InChI is InChI=1S/C11H15N5S.C5H6N2O3/c1-7(2)4-5-12-9-8-10(14-6-13-8)16-11(15-9)17-3;1-10-3-2-6-5(9)7-4(3)8/h4-7H,1-3H3,(H2,12,13,14,15,16);2H,1H3,(H2,6,7,8,9). The summed E-state index contributed by atoms with van der Waals surface area (Å²) in [6, 6.07) is 0. The molecule has 3 heterocycles. The second-order valence-electron chi connectivity index (χ2n) is 5.55. The van der Waals surface area contributed by atoms with E-state index in [9.17, 15) is 9.59 Å². The predicted octanol–water partition coefficient (Wildman–Crippen LogP) is 1.73. The van der Waals surface area contributed by atoms with Crippen LogP contribution < -0.4 is 21.3 Å². The quantitative estimate of drug-likeness (QED) is 0.380. The van der Waals surface area contributed by atoms with Gasteiger partial charge in [-0.1, -0.05) is 31.7 Å². The van der Waals surface area contributed by atoms with Crippen LogP contribution in [0.3, 0.4) is 0 Å². The van der Waals surface area contributed by atoms with Gasteiger partial charge in [0.25, 0.3) is 5.56 Å². The molecule has 3 aromatic heterocycles. The molecule has 0 bridgehead atoms. The Balaban J connectivity index is 0.000000223. The van der Waals surface area contributed by atoms with Crippen molar-refractivity contribution >= 4 is 28.7 Å². The number of fused-ring (bicyclic) bond motifs is 1. The molecular formula is C16H21N7O3S. The van der Waals surface area contributed by atoms with Crippen molar-refractivity contribution in [1.82, 2.24) is 29.9 Å². The topological polar surface area (TPSA) is 141 Å². The maximum absolute atomic E-state index is 10.7. The van der Waals surface area contributed by atoms with Crippen LogP contribution in [0.1, 0.15) is 13.8 Å². The molecule has 27 heavy (non-hydrogen) atoms. The molecule has 0 atom stereocenters. The van der Waals surface area contributed by atoms with Crippen LogP contribution in [0.4, 0.5) is 5.82 Å². The van der Waals surface area contributed by atoms with Crippen molar-refractivity contribution < 1.29 is 4.74 Å². The fourth-order valence-corrected chi connectivity index (χ4v) is 2.24. The third-order valence-corrected chi connectivity index (χ3v) is 3.70. The number of hydrogen-bond acceptors (Lipinski definition) is 8. The van der Waals surface area contributed by atoms with Gasteiger partial charge in [-0.25, -0.2) is 19.7 Å². The van der Waals surface area contributed by atoms with Crippen LogP contribution in [0.25, 0.3) is 11.2 Å². The molecule has 0 aliphatic rings. The van der Waals surface area contributed by atoms with E-state index in [1.807, 2.05) is 17.4 Å². The molecule has 144 valence electrons. The molecule has 0 unspecified atom stereocenters. The minimum absolute atomic E-state index is 0.0969. The highest BCUT2D eigenvalue weighted by Gasteiger charge is 2.07. The van der Waals surface area contributed by atoms with Crippen molar-refractivity contribution in [2.45, 2.75) is 19.0 Å². The minimum Gasteiger partial charge on any atom is -0.490 e. The average molecular weight is 391 g/mol. The zero-order chi connectivity index (χ0) is 19.8. The van der Waals surface area contributed by atoms with Crippen molar-refractivity contribution in [3.05, 3.63) is 45.6 Å². The summed E-state index contributed by atoms with van der Waals surface area (Å²) in [5, 5.41) is 3.88. The molecule has 10 nitrogen and oxygen atoms in total. The van der Waals surface area contributed by atoms with Crippen LogP contribution in [0, 0.1) is 5.92 Å². The molecule has 0 amide bonds. The summed E-state index contributed by atoms with van der Waals surface area (Å²) in [5.41, 5.74) is 0.457. The van der Waals surface area contributed by atoms with Crippen LogP contribution in [-0.2, 0) is 0 Å². The van der Waals surface area contributed by atoms with Crippen LogP contribution in [0.15, 0.2) is 39.5 Å². The van der Waals surface area contributed by atoms with Gasteiger partial charge in [0, 0.05) is 0 Å². The number of allylic oxidation sites excluding steroid dienone is 1. The Hall–Kier alpha value is -3.08. The molecule has 0 saturated carbocycles. The lowest BCUT2D eigenvalue weighted by Crippen LogP contribution is -2.21. The number of nitrogens with zero attached hydrogens (tertiary/aromatic N) is 3. The van der Waals surface area contributed by atoms with Gasteiger partial charge in [0.15, 0.2) is 16.6 Å². The number of ether oxygens (including phenoxy) is 1. The Kier molecular flexibility index (Phi) is 7.17. The molecule has 0 fully saturated rings. The first kappa shape index (κ1) is 20.2. The predicted molar refractivity (Wildman–Crippen MR) is 105 cm³/mol. The molecule has 4 N–H and O–H groups in total. The molecule has 0 aromatic carbocycles. The highest BCUT2D eigenvalue weighted by molar-refractivity contribution is 7.98. The van der Waals surface area contributed by atoms with E-state index >= 15 is 0 Å². The molecule has 0 saturated heterocycles. The summed E-state index contributed by atoms with van der Waals surface area (Å²) in [5.74, 6) is 1.36. The molecule has 0 aliphatic heterocycles. The second kappa shape index (κ2) is 9.57.